The van der Waals surface area contributed by atoms with Crippen molar-refractivity contribution in [2.24, 2.45) is 0 Å². The van der Waals surface area contributed by atoms with E-state index in [9.17, 15) is 18.3 Å². The van der Waals surface area contributed by atoms with Crippen LogP contribution in [0.1, 0.15) is 21.6 Å². The second-order valence-electron chi connectivity index (χ2n) is 9.11. The van der Waals surface area contributed by atoms with Crippen LogP contribution in [0.5, 0.6) is 17.2 Å². The molecule has 42 heavy (non-hydrogen) atoms. The molecule has 3 aromatic heterocycles. The Bertz CT molecular complexity index is 1870. The smallest absolute Gasteiger partial charge is 0.339 e. The molecule has 5 aromatic rings. The van der Waals surface area contributed by atoms with E-state index in [2.05, 4.69) is 15.1 Å². The highest BCUT2D eigenvalue weighted by atomic mass is 32.2. The predicted octanol–water partition coefficient (Wildman–Crippen LogP) is 4.24. The lowest BCUT2D eigenvalue weighted by Crippen LogP contribution is -2.32. The van der Waals surface area contributed by atoms with Gasteiger partial charge in [-0.15, -0.1) is 0 Å². The monoisotopic (exact) mass is 589 g/mol. The molecule has 2 aromatic carbocycles. The summed E-state index contributed by atoms with van der Waals surface area (Å²) in [6, 6.07) is 14.3. The van der Waals surface area contributed by atoms with Crippen molar-refractivity contribution < 1.29 is 32.5 Å². The Kier molecular flexibility index (Phi) is 7.68. The Morgan fingerprint density at radius 3 is 2.31 bits per heavy atom. The van der Waals surface area contributed by atoms with E-state index in [-0.39, 0.29) is 33.7 Å². The highest BCUT2D eigenvalue weighted by Gasteiger charge is 2.33. The number of methoxy groups -OCH3 is 3. The van der Waals surface area contributed by atoms with E-state index in [1.807, 2.05) is 0 Å². The van der Waals surface area contributed by atoms with Crippen molar-refractivity contribution in [2.75, 3.05) is 25.6 Å². The lowest BCUT2D eigenvalue weighted by molar-refractivity contribution is 0.0697. The van der Waals surface area contributed by atoms with Gasteiger partial charge in [0.25, 0.3) is 10.0 Å². The molecule has 0 amide bonds. The lowest BCUT2D eigenvalue weighted by Gasteiger charge is -2.26. The van der Waals surface area contributed by atoms with Crippen LogP contribution < -0.4 is 18.5 Å². The third-order valence-electron chi connectivity index (χ3n) is 6.64. The number of nitrogens with zero attached hydrogens (tertiary/aromatic N) is 5. The van der Waals surface area contributed by atoms with Crippen LogP contribution in [0.3, 0.4) is 0 Å². The molecule has 5 rings (SSSR count). The zero-order chi connectivity index (χ0) is 30.0. The van der Waals surface area contributed by atoms with Crippen LogP contribution in [-0.4, -0.2) is 60.6 Å². The standard InChI is InChI=1S/C29H27N5O7S/c1-18-26-27(33(17-19-6-5-13-30-15-19)42(37,38)22-10-7-20(39-2)8-11-22)23(29(35)36)16-31-28(26)34(32-18)24-12-9-21(40-3)14-25(24)41-4/h5-16H,17H2,1-4H3,(H,35,36). The predicted molar refractivity (Wildman–Crippen MR) is 154 cm³/mol. The first-order valence-electron chi connectivity index (χ1n) is 12.6. The van der Waals surface area contributed by atoms with Gasteiger partial charge in [-0.2, -0.15) is 5.10 Å². The van der Waals surface area contributed by atoms with Crippen molar-refractivity contribution in [1.82, 2.24) is 19.7 Å². The first kappa shape index (κ1) is 28.4. The van der Waals surface area contributed by atoms with Crippen molar-refractivity contribution in [2.45, 2.75) is 18.4 Å². The minimum absolute atomic E-state index is 0.0599. The molecule has 0 saturated carbocycles. The summed E-state index contributed by atoms with van der Waals surface area (Å²) in [5.74, 6) is 0.0897. The number of pyridine rings is 2. The van der Waals surface area contributed by atoms with Gasteiger partial charge in [-0.05, 0) is 55.0 Å². The molecule has 0 bridgehead atoms. The van der Waals surface area contributed by atoms with Crippen molar-refractivity contribution >= 4 is 32.7 Å². The summed E-state index contributed by atoms with van der Waals surface area (Å²) in [4.78, 5) is 21.1. The first-order valence-corrected chi connectivity index (χ1v) is 14.0. The molecule has 0 fully saturated rings. The average molecular weight is 590 g/mol. The fourth-order valence-electron chi connectivity index (χ4n) is 4.59. The molecule has 216 valence electrons. The van der Waals surface area contributed by atoms with Crippen molar-refractivity contribution in [1.29, 1.82) is 0 Å². The van der Waals surface area contributed by atoms with E-state index in [0.29, 0.717) is 34.2 Å². The number of benzene rings is 2. The number of anilines is 1. The summed E-state index contributed by atoms with van der Waals surface area (Å²) in [5, 5.41) is 15.1. The number of aryl methyl sites for hydroxylation is 1. The van der Waals surface area contributed by atoms with E-state index < -0.39 is 16.0 Å². The summed E-state index contributed by atoms with van der Waals surface area (Å²) in [6.45, 7) is 1.45. The lowest BCUT2D eigenvalue weighted by atomic mass is 10.1. The number of ether oxygens (including phenoxy) is 3. The number of hydrogen-bond acceptors (Lipinski definition) is 9. The highest BCUT2D eigenvalue weighted by molar-refractivity contribution is 7.92. The second kappa shape index (κ2) is 11.4. The van der Waals surface area contributed by atoms with Gasteiger partial charge in [0.05, 0.1) is 49.5 Å². The third-order valence-corrected chi connectivity index (χ3v) is 8.40. The third kappa shape index (κ3) is 5.05. The van der Waals surface area contributed by atoms with Crippen molar-refractivity contribution in [3.63, 3.8) is 0 Å². The van der Waals surface area contributed by atoms with Crippen LogP contribution in [0.25, 0.3) is 16.7 Å². The molecule has 12 nitrogen and oxygen atoms in total. The highest BCUT2D eigenvalue weighted by Crippen LogP contribution is 2.39. The average Bonchev–Trinajstić information content (AvgIpc) is 3.35. The van der Waals surface area contributed by atoms with Crippen molar-refractivity contribution in [3.05, 3.63) is 90.0 Å². The Morgan fingerprint density at radius 2 is 1.69 bits per heavy atom. The molecular formula is C29H27N5O7S. The van der Waals surface area contributed by atoms with Crippen LogP contribution in [0.4, 0.5) is 5.69 Å². The van der Waals surface area contributed by atoms with E-state index in [1.54, 1.807) is 43.5 Å². The van der Waals surface area contributed by atoms with Gasteiger partial charge in [-0.1, -0.05) is 6.07 Å². The minimum atomic E-state index is -4.34. The quantitative estimate of drug-likeness (QED) is 0.251. The summed E-state index contributed by atoms with van der Waals surface area (Å²) < 4.78 is 47.2. The summed E-state index contributed by atoms with van der Waals surface area (Å²) in [6.07, 6.45) is 4.22. The van der Waals surface area contributed by atoms with Gasteiger partial charge in [0.1, 0.15) is 28.5 Å². The van der Waals surface area contributed by atoms with E-state index in [4.69, 9.17) is 14.2 Å². The Hall–Kier alpha value is -5.17. The maximum absolute atomic E-state index is 14.3. The topological polar surface area (TPSA) is 146 Å². The fraction of sp³-hybridized carbons (Fsp3) is 0.172. The van der Waals surface area contributed by atoms with E-state index in [0.717, 1.165) is 10.5 Å². The molecule has 1 N–H and O–H groups in total. The Labute approximate surface area is 241 Å². The molecule has 0 aliphatic rings. The molecule has 13 heteroatoms. The molecular weight excluding hydrogens is 562 g/mol. The number of aromatic carboxylic acids is 1. The molecule has 0 radical (unpaired) electrons. The van der Waals surface area contributed by atoms with Gasteiger partial charge in [0.2, 0.25) is 0 Å². The van der Waals surface area contributed by atoms with Gasteiger partial charge >= 0.3 is 5.97 Å². The van der Waals surface area contributed by atoms with Crippen LogP contribution in [0.15, 0.2) is 78.1 Å². The number of rotatable bonds is 10. The number of aromatic nitrogens is 4. The molecule has 3 heterocycles. The zero-order valence-corrected chi connectivity index (χ0v) is 24.0. The van der Waals surface area contributed by atoms with Gasteiger partial charge in [0, 0.05) is 24.7 Å². The van der Waals surface area contributed by atoms with Gasteiger partial charge < -0.3 is 19.3 Å². The maximum atomic E-state index is 14.3. The number of carbonyl (C=O) groups is 1. The van der Waals surface area contributed by atoms with Crippen LogP contribution in [0, 0.1) is 6.92 Å². The van der Waals surface area contributed by atoms with Crippen LogP contribution in [-0.2, 0) is 16.6 Å². The van der Waals surface area contributed by atoms with E-state index >= 15 is 0 Å². The number of carboxylic acids is 1. The molecule has 0 unspecified atom stereocenters. The summed E-state index contributed by atoms with van der Waals surface area (Å²) in [5.41, 5.74) is 1.23. The van der Waals surface area contributed by atoms with E-state index in [1.165, 1.54) is 56.5 Å². The molecule has 0 atom stereocenters. The van der Waals surface area contributed by atoms with Gasteiger partial charge in [-0.3, -0.25) is 9.29 Å². The molecule has 0 aliphatic carbocycles. The van der Waals surface area contributed by atoms with Crippen molar-refractivity contribution in [3.8, 4) is 22.9 Å². The van der Waals surface area contributed by atoms with Crippen LogP contribution in [0.2, 0.25) is 0 Å². The number of sulfonamides is 1. The molecule has 0 aliphatic heterocycles. The summed E-state index contributed by atoms with van der Waals surface area (Å²) in [7, 11) is 0.164. The fourth-order valence-corrected chi connectivity index (χ4v) is 6.08. The zero-order valence-electron chi connectivity index (χ0n) is 23.2. The second-order valence-corrected chi connectivity index (χ2v) is 11.0. The first-order chi connectivity index (χ1) is 20.2. The molecule has 0 spiro atoms. The number of fused-ring (bicyclic) bond motifs is 1. The maximum Gasteiger partial charge on any atom is 0.339 e. The van der Waals surface area contributed by atoms with Crippen LogP contribution >= 0.6 is 0 Å². The SMILES string of the molecule is COc1ccc(S(=O)(=O)N(Cc2cccnc2)c2c(C(=O)O)cnc3c2c(C)nn3-c2ccc(OC)cc2OC)cc1. The van der Waals surface area contributed by atoms with Gasteiger partial charge in [-0.25, -0.2) is 22.9 Å². The summed E-state index contributed by atoms with van der Waals surface area (Å²) >= 11 is 0. The largest absolute Gasteiger partial charge is 0.497 e. The Balaban J connectivity index is 1.81. The molecule has 0 saturated heterocycles. The number of carboxylic acid groups (broad SMARTS) is 1. The normalized spacial score (nSPS) is 11.3. The van der Waals surface area contributed by atoms with Gasteiger partial charge in [0.15, 0.2) is 5.65 Å². The number of hydrogen-bond donors (Lipinski definition) is 1. The Morgan fingerprint density at radius 1 is 0.976 bits per heavy atom. The minimum Gasteiger partial charge on any atom is -0.497 e.